The first-order valence-electron chi connectivity index (χ1n) is 13.2. The van der Waals surface area contributed by atoms with Crippen molar-refractivity contribution in [3.8, 4) is 16.9 Å². The largest absolute Gasteiger partial charge is 0.497 e. The molecule has 232 valence electrons. The Balaban J connectivity index is 1.54. The molecule has 0 spiro atoms. The molecule has 0 radical (unpaired) electrons. The quantitative estimate of drug-likeness (QED) is 0.179. The van der Waals surface area contributed by atoms with Crippen molar-refractivity contribution in [2.75, 3.05) is 25.5 Å². The summed E-state index contributed by atoms with van der Waals surface area (Å²) in [4.78, 5) is 60.1. The minimum absolute atomic E-state index is 0.0568. The number of carbonyl (C=O) groups excluding carboxylic acids is 5. The highest BCUT2D eigenvalue weighted by molar-refractivity contribution is 5.91. The minimum atomic E-state index is -5.37. The summed E-state index contributed by atoms with van der Waals surface area (Å²) >= 11 is 0. The Morgan fingerprint density at radius 1 is 0.818 bits per heavy atom. The molecular formula is C30H29F3N4O7. The van der Waals surface area contributed by atoms with E-state index in [4.69, 9.17) is 4.74 Å². The highest BCUT2D eigenvalue weighted by Crippen LogP contribution is 2.25. The average Bonchev–Trinajstić information content (AvgIpc) is 3.00. The van der Waals surface area contributed by atoms with E-state index in [-0.39, 0.29) is 13.0 Å². The molecule has 3 aromatic rings. The van der Waals surface area contributed by atoms with Gasteiger partial charge in [0.25, 0.3) is 0 Å². The van der Waals surface area contributed by atoms with Gasteiger partial charge in [0.1, 0.15) is 5.75 Å². The molecule has 11 nitrogen and oxygen atoms in total. The van der Waals surface area contributed by atoms with Crippen molar-refractivity contribution in [1.29, 1.82) is 0 Å². The van der Waals surface area contributed by atoms with Crippen LogP contribution in [-0.4, -0.2) is 56.2 Å². The van der Waals surface area contributed by atoms with Crippen LogP contribution in [0.25, 0.3) is 11.1 Å². The fourth-order valence-corrected chi connectivity index (χ4v) is 3.84. The number of hydrogen-bond donors (Lipinski definition) is 4. The first-order chi connectivity index (χ1) is 20.9. The SMILES string of the molecule is COc1cccc(NC(=O)NCCC(=O)NCC(=O)NC(CC(=O)OC(=O)C(F)(F)F)c2ccc(-c3ccccc3)cc2)c1. The Morgan fingerprint density at radius 2 is 1.50 bits per heavy atom. The van der Waals surface area contributed by atoms with E-state index < -0.39 is 55.0 Å². The van der Waals surface area contributed by atoms with Crippen LogP contribution in [0.15, 0.2) is 78.9 Å². The van der Waals surface area contributed by atoms with Gasteiger partial charge in [-0.15, -0.1) is 0 Å². The maximum absolute atomic E-state index is 12.6. The van der Waals surface area contributed by atoms with E-state index in [9.17, 15) is 37.1 Å². The lowest BCUT2D eigenvalue weighted by Crippen LogP contribution is -2.40. The van der Waals surface area contributed by atoms with Gasteiger partial charge in [-0.25, -0.2) is 9.59 Å². The third-order valence-electron chi connectivity index (χ3n) is 5.98. The zero-order valence-corrected chi connectivity index (χ0v) is 23.4. The molecule has 4 N–H and O–H groups in total. The number of urea groups is 1. The number of amides is 4. The third-order valence-corrected chi connectivity index (χ3v) is 5.98. The molecule has 14 heteroatoms. The number of alkyl halides is 3. The van der Waals surface area contributed by atoms with Crippen molar-refractivity contribution in [2.45, 2.75) is 25.1 Å². The van der Waals surface area contributed by atoms with Gasteiger partial charge < -0.3 is 30.7 Å². The van der Waals surface area contributed by atoms with E-state index >= 15 is 0 Å². The number of rotatable bonds is 12. The molecule has 0 aromatic heterocycles. The third kappa shape index (κ3) is 10.8. The predicted octanol–water partition coefficient (Wildman–Crippen LogP) is 3.87. The van der Waals surface area contributed by atoms with Gasteiger partial charge in [0.15, 0.2) is 0 Å². The van der Waals surface area contributed by atoms with Crippen LogP contribution in [-0.2, 0) is 23.9 Å². The number of hydrogen-bond acceptors (Lipinski definition) is 7. The van der Waals surface area contributed by atoms with E-state index in [1.807, 2.05) is 30.3 Å². The fraction of sp³-hybridized carbons (Fsp3) is 0.233. The first-order valence-corrected chi connectivity index (χ1v) is 13.2. The average molecular weight is 615 g/mol. The summed E-state index contributed by atoms with van der Waals surface area (Å²) in [6.45, 7) is -0.595. The van der Waals surface area contributed by atoms with Gasteiger partial charge in [-0.05, 0) is 28.8 Å². The number of halogens is 3. The highest BCUT2D eigenvalue weighted by atomic mass is 19.4. The lowest BCUT2D eigenvalue weighted by molar-refractivity contribution is -0.202. The van der Waals surface area contributed by atoms with Gasteiger partial charge in [0.05, 0.1) is 26.1 Å². The first kappa shape index (κ1) is 33.1. The lowest BCUT2D eigenvalue weighted by atomic mass is 9.99. The number of esters is 2. The summed E-state index contributed by atoms with van der Waals surface area (Å²) < 4.78 is 46.6. The molecule has 0 aliphatic carbocycles. The molecule has 44 heavy (non-hydrogen) atoms. The predicted molar refractivity (Wildman–Crippen MR) is 152 cm³/mol. The van der Waals surface area contributed by atoms with Gasteiger partial charge in [-0.2, -0.15) is 13.2 Å². The van der Waals surface area contributed by atoms with Gasteiger partial charge in [-0.1, -0.05) is 60.7 Å². The second kappa shape index (κ2) is 15.7. The second-order valence-electron chi connectivity index (χ2n) is 9.21. The summed E-state index contributed by atoms with van der Waals surface area (Å²) in [7, 11) is 1.48. The Kier molecular flexibility index (Phi) is 11.8. The fourth-order valence-electron chi connectivity index (χ4n) is 3.84. The molecule has 0 bridgehead atoms. The van der Waals surface area contributed by atoms with E-state index in [0.717, 1.165) is 11.1 Å². The number of ether oxygens (including phenoxy) is 2. The number of anilines is 1. The topological polar surface area (TPSA) is 152 Å². The van der Waals surface area contributed by atoms with Crippen molar-refractivity contribution in [3.63, 3.8) is 0 Å². The van der Waals surface area contributed by atoms with Crippen LogP contribution in [0, 0.1) is 0 Å². The number of carbonyl (C=O) groups is 5. The van der Waals surface area contributed by atoms with E-state index in [1.54, 1.807) is 48.5 Å². The zero-order valence-electron chi connectivity index (χ0n) is 23.4. The molecule has 0 saturated heterocycles. The van der Waals surface area contributed by atoms with Gasteiger partial charge in [0, 0.05) is 24.7 Å². The van der Waals surface area contributed by atoms with Crippen LogP contribution in [0.5, 0.6) is 5.75 Å². The Bertz CT molecular complexity index is 1470. The molecule has 3 rings (SSSR count). The molecule has 0 fully saturated rings. The van der Waals surface area contributed by atoms with E-state index in [1.165, 1.54) is 7.11 Å². The van der Waals surface area contributed by atoms with Crippen LogP contribution >= 0.6 is 0 Å². The van der Waals surface area contributed by atoms with Crippen LogP contribution in [0.2, 0.25) is 0 Å². The Hall–Kier alpha value is -5.40. The van der Waals surface area contributed by atoms with Gasteiger partial charge in [-0.3, -0.25) is 14.4 Å². The van der Waals surface area contributed by atoms with E-state index in [0.29, 0.717) is 17.0 Å². The summed E-state index contributed by atoms with van der Waals surface area (Å²) in [6, 6.07) is 20.6. The summed E-state index contributed by atoms with van der Waals surface area (Å²) in [6.07, 6.45) is -6.34. The van der Waals surface area contributed by atoms with Crippen molar-refractivity contribution in [3.05, 3.63) is 84.4 Å². The minimum Gasteiger partial charge on any atom is -0.497 e. The maximum atomic E-state index is 12.6. The molecule has 0 saturated carbocycles. The summed E-state index contributed by atoms with van der Waals surface area (Å²) in [5.41, 5.74) is 2.49. The maximum Gasteiger partial charge on any atom is 0.491 e. The summed E-state index contributed by atoms with van der Waals surface area (Å²) in [5, 5.41) is 9.89. The van der Waals surface area contributed by atoms with Crippen LogP contribution < -0.4 is 26.0 Å². The number of methoxy groups -OCH3 is 1. The normalized spacial score (nSPS) is 11.5. The zero-order chi connectivity index (χ0) is 32.1. The standard InChI is InChI=1S/C30H29F3N4O7/c1-43-23-9-5-8-22(16-23)36-29(42)34-15-14-25(38)35-18-26(39)37-24(17-27(40)44-28(41)30(31,32)33)21-12-10-20(11-13-21)19-6-3-2-4-7-19/h2-13,16,24H,14-15,17-18H2,1H3,(H,35,38)(H,37,39)(H2,34,36,42). The molecule has 1 atom stereocenters. The lowest BCUT2D eigenvalue weighted by Gasteiger charge is -2.19. The van der Waals surface area contributed by atoms with Gasteiger partial charge >= 0.3 is 24.1 Å². The molecule has 4 amide bonds. The van der Waals surface area contributed by atoms with Crippen molar-refractivity contribution < 1.29 is 46.6 Å². The molecule has 1 unspecified atom stereocenters. The van der Waals surface area contributed by atoms with Crippen molar-refractivity contribution in [2.24, 2.45) is 0 Å². The van der Waals surface area contributed by atoms with Gasteiger partial charge in [0.2, 0.25) is 11.8 Å². The Morgan fingerprint density at radius 3 is 2.16 bits per heavy atom. The molecule has 0 aliphatic rings. The molecular weight excluding hydrogens is 585 g/mol. The van der Waals surface area contributed by atoms with Crippen LogP contribution in [0.4, 0.5) is 23.7 Å². The number of benzene rings is 3. The monoisotopic (exact) mass is 614 g/mol. The smallest absolute Gasteiger partial charge is 0.491 e. The Labute approximate surface area is 250 Å². The molecule has 3 aromatic carbocycles. The molecule has 0 aliphatic heterocycles. The molecule has 0 heterocycles. The second-order valence-corrected chi connectivity index (χ2v) is 9.21. The van der Waals surface area contributed by atoms with Crippen molar-refractivity contribution >= 4 is 35.5 Å². The van der Waals surface area contributed by atoms with E-state index in [2.05, 4.69) is 26.0 Å². The summed E-state index contributed by atoms with van der Waals surface area (Å²) in [5.74, 6) is -4.99. The number of nitrogens with one attached hydrogen (secondary N) is 4. The van der Waals surface area contributed by atoms with Crippen molar-refractivity contribution in [1.82, 2.24) is 16.0 Å². The highest BCUT2D eigenvalue weighted by Gasteiger charge is 2.42. The van der Waals surface area contributed by atoms with Crippen LogP contribution in [0.1, 0.15) is 24.4 Å². The van der Waals surface area contributed by atoms with Crippen LogP contribution in [0.3, 0.4) is 0 Å².